The average Bonchev–Trinajstić information content (AvgIpc) is 2.36. The number of hydrogen-bond donors (Lipinski definition) is 1. The number of carbonyl (C=O) groups is 2. The van der Waals surface area contributed by atoms with Gasteiger partial charge in [0.25, 0.3) is 0 Å². The van der Waals surface area contributed by atoms with E-state index in [0.717, 1.165) is 12.2 Å². The molecule has 18 heavy (non-hydrogen) atoms. The van der Waals surface area contributed by atoms with Crippen LogP contribution in [0, 0.1) is 0 Å². The highest BCUT2D eigenvalue weighted by molar-refractivity contribution is 6.02. The topological polar surface area (TPSA) is 55.4 Å². The molecule has 4 heteroatoms. The highest BCUT2D eigenvalue weighted by atomic mass is 16.5. The van der Waals surface area contributed by atoms with E-state index in [1.165, 1.54) is 12.7 Å². The lowest BCUT2D eigenvalue weighted by Gasteiger charge is -2.07. The maximum absolute atomic E-state index is 11.4. The van der Waals surface area contributed by atoms with Crippen LogP contribution in [-0.4, -0.2) is 19.0 Å². The summed E-state index contributed by atoms with van der Waals surface area (Å²) in [7, 11) is 1.26. The van der Waals surface area contributed by atoms with Crippen LogP contribution in [0.1, 0.15) is 25.3 Å². The molecule has 96 valence electrons. The van der Waals surface area contributed by atoms with Crippen molar-refractivity contribution in [2.45, 2.75) is 19.8 Å². The zero-order chi connectivity index (χ0) is 13.5. The molecule has 0 atom stereocenters. The fraction of sp³-hybridized carbons (Fsp3) is 0.286. The summed E-state index contributed by atoms with van der Waals surface area (Å²) >= 11 is 0. The lowest BCUT2D eigenvalue weighted by Crippen LogP contribution is -2.09. The third-order valence-electron chi connectivity index (χ3n) is 2.42. The number of rotatable bonds is 4. The molecule has 1 aromatic carbocycles. The smallest absolute Gasteiger partial charge is 0.330 e. The molecular formula is C14H17NO3. The Labute approximate surface area is 107 Å². The number of hydrogen-bond acceptors (Lipinski definition) is 3. The third-order valence-corrected chi connectivity index (χ3v) is 2.42. The van der Waals surface area contributed by atoms with Crippen LogP contribution in [0.2, 0.25) is 0 Å². The molecule has 1 N–H and O–H groups in total. The predicted octanol–water partition coefficient (Wildman–Crippen LogP) is 2.48. The van der Waals surface area contributed by atoms with E-state index in [1.807, 2.05) is 24.3 Å². The van der Waals surface area contributed by atoms with Gasteiger partial charge in [-0.05, 0) is 23.6 Å². The quantitative estimate of drug-likeness (QED) is 0.657. The van der Waals surface area contributed by atoms with Crippen LogP contribution in [0.15, 0.2) is 36.4 Å². The second kappa shape index (κ2) is 6.59. The molecule has 4 nitrogen and oxygen atoms in total. The summed E-state index contributed by atoms with van der Waals surface area (Å²) in [5.41, 5.74) is 1.90. The van der Waals surface area contributed by atoms with Crippen molar-refractivity contribution in [3.63, 3.8) is 0 Å². The maximum atomic E-state index is 11.4. The number of esters is 1. The van der Waals surface area contributed by atoms with Crippen LogP contribution in [0.5, 0.6) is 0 Å². The first kappa shape index (κ1) is 14.0. The Hall–Kier alpha value is -2.10. The molecule has 0 saturated carbocycles. The minimum atomic E-state index is -0.555. The average molecular weight is 247 g/mol. The molecule has 0 fully saturated rings. The summed E-state index contributed by atoms with van der Waals surface area (Å²) in [6.45, 7) is 4.21. The molecule has 0 spiro atoms. The summed E-state index contributed by atoms with van der Waals surface area (Å²) in [4.78, 5) is 22.2. The van der Waals surface area contributed by atoms with Crippen LogP contribution in [0.3, 0.4) is 0 Å². The number of nitrogens with one attached hydrogen (secondary N) is 1. The monoisotopic (exact) mass is 247 g/mol. The van der Waals surface area contributed by atoms with Gasteiger partial charge >= 0.3 is 5.97 Å². The second-order valence-electron chi connectivity index (χ2n) is 4.12. The van der Waals surface area contributed by atoms with Crippen molar-refractivity contribution in [2.24, 2.45) is 0 Å². The SMILES string of the molecule is COC(=O)/C=C\C(=O)Nc1ccc(C(C)C)cc1. The lowest BCUT2D eigenvalue weighted by molar-refractivity contribution is -0.135. The van der Waals surface area contributed by atoms with Gasteiger partial charge in [-0.1, -0.05) is 26.0 Å². The number of benzene rings is 1. The first-order valence-corrected chi connectivity index (χ1v) is 5.70. The minimum Gasteiger partial charge on any atom is -0.466 e. The van der Waals surface area contributed by atoms with Gasteiger partial charge in [0.1, 0.15) is 0 Å². The van der Waals surface area contributed by atoms with E-state index in [-0.39, 0.29) is 5.91 Å². The van der Waals surface area contributed by atoms with Crippen LogP contribution >= 0.6 is 0 Å². The molecule has 0 aliphatic heterocycles. The maximum Gasteiger partial charge on any atom is 0.330 e. The molecule has 1 aromatic rings. The lowest BCUT2D eigenvalue weighted by atomic mass is 10.0. The van der Waals surface area contributed by atoms with Crippen molar-refractivity contribution >= 4 is 17.6 Å². The standard InChI is InChI=1S/C14H17NO3/c1-10(2)11-4-6-12(7-5-11)15-13(16)8-9-14(17)18-3/h4-10H,1-3H3,(H,15,16)/b9-8-. The van der Waals surface area contributed by atoms with Gasteiger partial charge in [-0.15, -0.1) is 0 Å². The Bertz CT molecular complexity index is 447. The fourth-order valence-electron chi connectivity index (χ4n) is 1.35. The Morgan fingerprint density at radius 1 is 1.17 bits per heavy atom. The highest BCUT2D eigenvalue weighted by Gasteiger charge is 2.01. The van der Waals surface area contributed by atoms with Gasteiger partial charge in [-0.2, -0.15) is 0 Å². The number of amides is 1. The predicted molar refractivity (Wildman–Crippen MR) is 70.3 cm³/mol. The Morgan fingerprint density at radius 2 is 1.78 bits per heavy atom. The molecular weight excluding hydrogens is 230 g/mol. The zero-order valence-corrected chi connectivity index (χ0v) is 10.8. The molecule has 0 aliphatic carbocycles. The molecule has 0 aliphatic rings. The molecule has 0 aromatic heterocycles. The summed E-state index contributed by atoms with van der Waals surface area (Å²) < 4.78 is 4.39. The molecule has 0 unspecified atom stereocenters. The zero-order valence-electron chi connectivity index (χ0n) is 10.8. The second-order valence-corrected chi connectivity index (χ2v) is 4.12. The van der Waals surface area contributed by atoms with E-state index in [0.29, 0.717) is 11.6 Å². The van der Waals surface area contributed by atoms with Gasteiger partial charge in [-0.3, -0.25) is 4.79 Å². The number of anilines is 1. The summed E-state index contributed by atoms with van der Waals surface area (Å²) in [5, 5.41) is 2.65. The fourth-order valence-corrected chi connectivity index (χ4v) is 1.35. The van der Waals surface area contributed by atoms with Crippen molar-refractivity contribution in [3.05, 3.63) is 42.0 Å². The molecule has 0 bridgehead atoms. The van der Waals surface area contributed by atoms with Crippen molar-refractivity contribution in [1.29, 1.82) is 0 Å². The van der Waals surface area contributed by atoms with E-state index >= 15 is 0 Å². The Kier molecular flexibility index (Phi) is 5.11. The summed E-state index contributed by atoms with van der Waals surface area (Å²) in [6.07, 6.45) is 2.22. The van der Waals surface area contributed by atoms with Crippen molar-refractivity contribution in [1.82, 2.24) is 0 Å². The van der Waals surface area contributed by atoms with Crippen molar-refractivity contribution in [3.8, 4) is 0 Å². The number of methoxy groups -OCH3 is 1. The van der Waals surface area contributed by atoms with Gasteiger partial charge in [0.2, 0.25) is 5.91 Å². The van der Waals surface area contributed by atoms with E-state index in [4.69, 9.17) is 0 Å². The highest BCUT2D eigenvalue weighted by Crippen LogP contribution is 2.16. The van der Waals surface area contributed by atoms with E-state index in [9.17, 15) is 9.59 Å². The summed E-state index contributed by atoms with van der Waals surface area (Å²) in [5.74, 6) is -0.466. The molecule has 0 radical (unpaired) electrons. The van der Waals surface area contributed by atoms with Crippen molar-refractivity contribution in [2.75, 3.05) is 12.4 Å². The van der Waals surface area contributed by atoms with Gasteiger partial charge < -0.3 is 10.1 Å². The molecule has 1 amide bonds. The van der Waals surface area contributed by atoms with Crippen LogP contribution in [-0.2, 0) is 14.3 Å². The number of carbonyl (C=O) groups excluding carboxylic acids is 2. The Balaban J connectivity index is 2.60. The van der Waals surface area contributed by atoms with E-state index in [2.05, 4.69) is 23.9 Å². The minimum absolute atomic E-state index is 0.363. The van der Waals surface area contributed by atoms with Crippen LogP contribution in [0.4, 0.5) is 5.69 Å². The van der Waals surface area contributed by atoms with Crippen LogP contribution in [0.25, 0.3) is 0 Å². The normalized spacial score (nSPS) is 10.7. The van der Waals surface area contributed by atoms with Gasteiger partial charge in [0.15, 0.2) is 0 Å². The molecule has 0 saturated heterocycles. The Morgan fingerprint density at radius 3 is 2.28 bits per heavy atom. The van der Waals surface area contributed by atoms with E-state index in [1.54, 1.807) is 0 Å². The largest absolute Gasteiger partial charge is 0.466 e. The van der Waals surface area contributed by atoms with Gasteiger partial charge in [0, 0.05) is 17.8 Å². The van der Waals surface area contributed by atoms with Crippen LogP contribution < -0.4 is 5.32 Å². The van der Waals surface area contributed by atoms with Crippen molar-refractivity contribution < 1.29 is 14.3 Å². The summed E-state index contributed by atoms with van der Waals surface area (Å²) in [6, 6.07) is 7.59. The van der Waals surface area contributed by atoms with Gasteiger partial charge in [0.05, 0.1) is 7.11 Å². The first-order valence-electron chi connectivity index (χ1n) is 5.70. The third kappa shape index (κ3) is 4.41. The van der Waals surface area contributed by atoms with Gasteiger partial charge in [-0.25, -0.2) is 4.79 Å². The molecule has 1 rings (SSSR count). The first-order chi connectivity index (χ1) is 8.52. The number of ether oxygens (including phenoxy) is 1. The van der Waals surface area contributed by atoms with E-state index < -0.39 is 5.97 Å². The molecule has 0 heterocycles.